The van der Waals surface area contributed by atoms with E-state index in [1.54, 1.807) is 12.1 Å². The summed E-state index contributed by atoms with van der Waals surface area (Å²) in [5, 5.41) is 20.9. The van der Waals surface area contributed by atoms with Gasteiger partial charge in [-0.3, -0.25) is 4.79 Å². The van der Waals surface area contributed by atoms with Crippen LogP contribution in [0.3, 0.4) is 0 Å². The summed E-state index contributed by atoms with van der Waals surface area (Å²) in [6, 6.07) is 10.8. The molecular formula is C14H14N4O. The van der Waals surface area contributed by atoms with Gasteiger partial charge in [0, 0.05) is 12.6 Å². The predicted molar refractivity (Wildman–Crippen MR) is 70.1 cm³/mol. The first-order chi connectivity index (χ1) is 9.19. The van der Waals surface area contributed by atoms with Crippen molar-refractivity contribution in [2.45, 2.75) is 25.4 Å². The number of para-hydroxylation sites is 1. The molecule has 19 heavy (non-hydrogen) atoms. The van der Waals surface area contributed by atoms with Crippen LogP contribution < -0.4 is 10.2 Å². The van der Waals surface area contributed by atoms with E-state index in [0.29, 0.717) is 17.8 Å². The zero-order valence-electron chi connectivity index (χ0n) is 10.6. The van der Waals surface area contributed by atoms with E-state index < -0.39 is 6.04 Å². The van der Waals surface area contributed by atoms with Crippen LogP contribution in [0, 0.1) is 22.7 Å². The molecule has 1 fully saturated rings. The lowest BCUT2D eigenvalue weighted by Gasteiger charge is -2.41. The largest absolute Gasteiger partial charge is 0.353 e. The molecule has 0 aromatic heterocycles. The quantitative estimate of drug-likeness (QED) is 0.859. The number of carbonyl (C=O) groups excluding carboxylic acids is 1. The van der Waals surface area contributed by atoms with Gasteiger partial charge in [-0.25, -0.2) is 0 Å². The van der Waals surface area contributed by atoms with Crippen molar-refractivity contribution in [3.63, 3.8) is 0 Å². The molecule has 96 valence electrons. The molecule has 0 bridgehead atoms. The summed E-state index contributed by atoms with van der Waals surface area (Å²) >= 11 is 0. The molecule has 5 nitrogen and oxygen atoms in total. The Morgan fingerprint density at radius 1 is 1.42 bits per heavy atom. The first-order valence-electron chi connectivity index (χ1n) is 6.11. The second-order valence-electron chi connectivity index (χ2n) is 4.51. The Balaban J connectivity index is 2.46. The van der Waals surface area contributed by atoms with Gasteiger partial charge in [-0.15, -0.1) is 0 Å². The standard InChI is InChI=1S/C14H14N4O/c1-10-9-17-14(19)13(6-7-15)18(10)12-5-3-2-4-11(12)8-16/h2-5,10,13H,6,9H2,1H3,(H,17,19). The fraction of sp³-hybridized carbons (Fsp3) is 0.357. The second-order valence-corrected chi connectivity index (χ2v) is 4.51. The van der Waals surface area contributed by atoms with E-state index in [4.69, 9.17) is 5.26 Å². The van der Waals surface area contributed by atoms with Crippen molar-refractivity contribution in [3.8, 4) is 12.1 Å². The Morgan fingerprint density at radius 2 is 2.16 bits per heavy atom. The van der Waals surface area contributed by atoms with Gasteiger partial charge in [0.15, 0.2) is 0 Å². The molecule has 5 heteroatoms. The lowest BCUT2D eigenvalue weighted by molar-refractivity contribution is -0.123. The maximum Gasteiger partial charge on any atom is 0.243 e. The van der Waals surface area contributed by atoms with Gasteiger partial charge in [0.2, 0.25) is 5.91 Å². The molecule has 2 atom stereocenters. The molecule has 1 heterocycles. The van der Waals surface area contributed by atoms with Crippen molar-refractivity contribution < 1.29 is 4.79 Å². The molecule has 0 saturated carbocycles. The molecule has 1 aliphatic heterocycles. The minimum absolute atomic E-state index is 0.0468. The Kier molecular flexibility index (Phi) is 3.68. The van der Waals surface area contributed by atoms with Gasteiger partial charge in [-0.05, 0) is 19.1 Å². The third kappa shape index (κ3) is 2.36. The third-order valence-corrected chi connectivity index (χ3v) is 3.27. The highest BCUT2D eigenvalue weighted by molar-refractivity contribution is 5.87. The van der Waals surface area contributed by atoms with Crippen LogP contribution in [0.15, 0.2) is 24.3 Å². The van der Waals surface area contributed by atoms with E-state index in [0.717, 1.165) is 0 Å². The Hall–Kier alpha value is -2.53. The number of amides is 1. The van der Waals surface area contributed by atoms with Crippen LogP contribution in [0.1, 0.15) is 18.9 Å². The number of hydrogen-bond donors (Lipinski definition) is 1. The number of hydrogen-bond acceptors (Lipinski definition) is 4. The normalized spacial score (nSPS) is 22.3. The molecule has 1 aromatic rings. The molecule has 0 radical (unpaired) electrons. The van der Waals surface area contributed by atoms with Crippen molar-refractivity contribution in [3.05, 3.63) is 29.8 Å². The van der Waals surface area contributed by atoms with Crippen molar-refractivity contribution in [2.75, 3.05) is 11.4 Å². The van der Waals surface area contributed by atoms with E-state index in [9.17, 15) is 10.1 Å². The average Bonchev–Trinajstić information content (AvgIpc) is 2.43. The van der Waals surface area contributed by atoms with Crippen LogP contribution in [0.25, 0.3) is 0 Å². The van der Waals surface area contributed by atoms with E-state index in [2.05, 4.69) is 11.4 Å². The lowest BCUT2D eigenvalue weighted by Crippen LogP contribution is -2.60. The summed E-state index contributed by atoms with van der Waals surface area (Å²) in [7, 11) is 0. The van der Waals surface area contributed by atoms with Gasteiger partial charge in [-0.2, -0.15) is 10.5 Å². The molecule has 0 spiro atoms. The summed E-state index contributed by atoms with van der Waals surface area (Å²) in [6.45, 7) is 2.48. The molecule has 0 aliphatic carbocycles. The number of benzene rings is 1. The van der Waals surface area contributed by atoms with Crippen LogP contribution in [0.2, 0.25) is 0 Å². The number of anilines is 1. The Labute approximate surface area is 112 Å². The second kappa shape index (κ2) is 5.41. The number of piperazine rings is 1. The van der Waals surface area contributed by atoms with Crippen LogP contribution in [-0.2, 0) is 4.79 Å². The molecular weight excluding hydrogens is 240 g/mol. The van der Waals surface area contributed by atoms with Gasteiger partial charge < -0.3 is 10.2 Å². The summed E-state index contributed by atoms with van der Waals surface area (Å²) in [4.78, 5) is 13.8. The summed E-state index contributed by atoms with van der Waals surface area (Å²) in [5.74, 6) is -0.160. The number of nitrogens with one attached hydrogen (secondary N) is 1. The first kappa shape index (κ1) is 12.9. The van der Waals surface area contributed by atoms with E-state index in [1.807, 2.05) is 30.0 Å². The fourth-order valence-electron chi connectivity index (χ4n) is 2.37. The summed E-state index contributed by atoms with van der Waals surface area (Å²) < 4.78 is 0. The first-order valence-corrected chi connectivity index (χ1v) is 6.11. The van der Waals surface area contributed by atoms with Crippen LogP contribution >= 0.6 is 0 Å². The van der Waals surface area contributed by atoms with Crippen LogP contribution in [0.5, 0.6) is 0 Å². The molecule has 1 N–H and O–H groups in total. The van der Waals surface area contributed by atoms with Crippen molar-refractivity contribution in [2.24, 2.45) is 0 Å². The third-order valence-electron chi connectivity index (χ3n) is 3.27. The highest BCUT2D eigenvalue weighted by atomic mass is 16.2. The Bertz CT molecular complexity index is 570. The highest BCUT2D eigenvalue weighted by Gasteiger charge is 2.35. The number of carbonyl (C=O) groups is 1. The monoisotopic (exact) mass is 254 g/mol. The SMILES string of the molecule is CC1CNC(=O)C(CC#N)N1c1ccccc1C#N. The van der Waals surface area contributed by atoms with Gasteiger partial charge >= 0.3 is 0 Å². The zero-order chi connectivity index (χ0) is 13.8. The highest BCUT2D eigenvalue weighted by Crippen LogP contribution is 2.27. The molecule has 2 unspecified atom stereocenters. The van der Waals surface area contributed by atoms with E-state index in [1.165, 1.54) is 0 Å². The molecule has 1 aliphatic rings. The average molecular weight is 254 g/mol. The van der Waals surface area contributed by atoms with Crippen molar-refractivity contribution in [1.29, 1.82) is 10.5 Å². The summed E-state index contributed by atoms with van der Waals surface area (Å²) in [5.41, 5.74) is 1.24. The molecule has 1 saturated heterocycles. The van der Waals surface area contributed by atoms with Gasteiger partial charge in [0.05, 0.1) is 23.7 Å². The maximum atomic E-state index is 11.9. The number of nitrogens with zero attached hydrogens (tertiary/aromatic N) is 3. The zero-order valence-corrected chi connectivity index (χ0v) is 10.6. The van der Waals surface area contributed by atoms with Crippen LogP contribution in [0.4, 0.5) is 5.69 Å². The van der Waals surface area contributed by atoms with E-state index >= 15 is 0 Å². The molecule has 2 rings (SSSR count). The predicted octanol–water partition coefficient (Wildman–Crippen LogP) is 1.17. The molecule has 1 aromatic carbocycles. The minimum Gasteiger partial charge on any atom is -0.353 e. The number of rotatable bonds is 2. The number of nitriles is 2. The Morgan fingerprint density at radius 3 is 2.84 bits per heavy atom. The van der Waals surface area contributed by atoms with Crippen LogP contribution in [-0.4, -0.2) is 24.5 Å². The fourth-order valence-corrected chi connectivity index (χ4v) is 2.37. The van der Waals surface area contributed by atoms with Crippen molar-refractivity contribution in [1.82, 2.24) is 5.32 Å². The maximum absolute atomic E-state index is 11.9. The topological polar surface area (TPSA) is 79.9 Å². The summed E-state index contributed by atoms with van der Waals surface area (Å²) in [6.07, 6.45) is 0.107. The van der Waals surface area contributed by atoms with Crippen molar-refractivity contribution >= 4 is 11.6 Å². The van der Waals surface area contributed by atoms with Gasteiger partial charge in [-0.1, -0.05) is 12.1 Å². The minimum atomic E-state index is -0.539. The molecule has 1 amide bonds. The van der Waals surface area contributed by atoms with E-state index in [-0.39, 0.29) is 18.4 Å². The van der Waals surface area contributed by atoms with Gasteiger partial charge in [0.1, 0.15) is 12.1 Å². The lowest BCUT2D eigenvalue weighted by atomic mass is 10.0. The van der Waals surface area contributed by atoms with Gasteiger partial charge in [0.25, 0.3) is 0 Å². The smallest absolute Gasteiger partial charge is 0.243 e.